The standard InChI is InChI=1S/C27H34N4O/c1-20-18-31(21(2)17-29-20)19-23-7-5-8-24(16-23)26-14-15-28-27(30-26)9-4-3-6-22-10-12-25(32)13-11-22/h5,7-8,10-16,20-21,29,32H,3-4,6,9,17-19H2,1-2H3/t20-,21-/m0/s1. The number of phenolic OH excluding ortho intramolecular Hbond substituents is 1. The molecule has 1 aliphatic rings. The fourth-order valence-corrected chi connectivity index (χ4v) is 4.34. The number of hydrogen-bond acceptors (Lipinski definition) is 5. The van der Waals surface area contributed by atoms with Crippen molar-refractivity contribution in [1.82, 2.24) is 20.2 Å². The number of aromatic hydroxyl groups is 1. The number of benzene rings is 2. The second-order valence-electron chi connectivity index (χ2n) is 9.02. The molecule has 0 aliphatic carbocycles. The Morgan fingerprint density at radius 2 is 1.81 bits per heavy atom. The molecule has 2 aromatic carbocycles. The lowest BCUT2D eigenvalue weighted by atomic mass is 10.0. The highest BCUT2D eigenvalue weighted by molar-refractivity contribution is 5.59. The van der Waals surface area contributed by atoms with Crippen molar-refractivity contribution in [2.45, 2.75) is 58.2 Å². The quantitative estimate of drug-likeness (QED) is 0.512. The largest absolute Gasteiger partial charge is 0.508 e. The summed E-state index contributed by atoms with van der Waals surface area (Å²) in [4.78, 5) is 11.9. The zero-order valence-electron chi connectivity index (χ0n) is 19.2. The zero-order chi connectivity index (χ0) is 22.3. The smallest absolute Gasteiger partial charge is 0.128 e. The van der Waals surface area contributed by atoms with Crippen molar-refractivity contribution in [2.75, 3.05) is 13.1 Å². The summed E-state index contributed by atoms with van der Waals surface area (Å²) in [5.41, 5.74) is 4.74. The van der Waals surface area contributed by atoms with Gasteiger partial charge in [0, 0.05) is 49.9 Å². The average Bonchev–Trinajstić information content (AvgIpc) is 2.81. The lowest BCUT2D eigenvalue weighted by Gasteiger charge is -2.37. The maximum atomic E-state index is 9.40. The molecule has 1 fully saturated rings. The molecule has 0 bridgehead atoms. The summed E-state index contributed by atoms with van der Waals surface area (Å²) in [6, 6.07) is 19.3. The van der Waals surface area contributed by atoms with Gasteiger partial charge in [-0.15, -0.1) is 0 Å². The number of hydrogen-bond donors (Lipinski definition) is 2. The molecular formula is C27H34N4O. The third-order valence-corrected chi connectivity index (χ3v) is 6.26. The van der Waals surface area contributed by atoms with E-state index in [-0.39, 0.29) is 0 Å². The minimum absolute atomic E-state index is 0.319. The molecule has 0 saturated carbocycles. The van der Waals surface area contributed by atoms with Crippen LogP contribution in [-0.4, -0.2) is 45.1 Å². The summed E-state index contributed by atoms with van der Waals surface area (Å²) >= 11 is 0. The second kappa shape index (κ2) is 10.7. The SMILES string of the molecule is C[C@H]1CN(Cc2cccc(-c3ccnc(CCCCc4ccc(O)cc4)n3)c2)[C@@H](C)CN1. The molecule has 4 rings (SSSR count). The van der Waals surface area contributed by atoms with Gasteiger partial charge in [-0.25, -0.2) is 9.97 Å². The molecule has 2 N–H and O–H groups in total. The van der Waals surface area contributed by atoms with Crippen molar-refractivity contribution >= 4 is 0 Å². The number of nitrogens with one attached hydrogen (secondary N) is 1. The molecule has 1 aliphatic heterocycles. The lowest BCUT2D eigenvalue weighted by Crippen LogP contribution is -2.53. The van der Waals surface area contributed by atoms with E-state index in [0.29, 0.717) is 17.8 Å². The first-order chi connectivity index (χ1) is 15.6. The summed E-state index contributed by atoms with van der Waals surface area (Å²) in [5.74, 6) is 1.23. The summed E-state index contributed by atoms with van der Waals surface area (Å²) in [6.45, 7) is 7.63. The van der Waals surface area contributed by atoms with Crippen molar-refractivity contribution in [3.8, 4) is 17.0 Å². The molecule has 3 aromatic rings. The van der Waals surface area contributed by atoms with Gasteiger partial charge in [-0.1, -0.05) is 30.3 Å². The maximum absolute atomic E-state index is 9.40. The van der Waals surface area contributed by atoms with Gasteiger partial charge < -0.3 is 10.4 Å². The summed E-state index contributed by atoms with van der Waals surface area (Å²) in [6.07, 6.45) is 5.88. The van der Waals surface area contributed by atoms with Gasteiger partial charge in [0.2, 0.25) is 0 Å². The van der Waals surface area contributed by atoms with Crippen LogP contribution in [-0.2, 0) is 19.4 Å². The molecule has 1 aromatic heterocycles. The van der Waals surface area contributed by atoms with Gasteiger partial charge in [-0.2, -0.15) is 0 Å². The van der Waals surface area contributed by atoms with Crippen LogP contribution in [0, 0.1) is 0 Å². The molecule has 2 heterocycles. The third kappa shape index (κ3) is 6.15. The molecule has 2 atom stereocenters. The minimum atomic E-state index is 0.319. The number of nitrogens with zero attached hydrogens (tertiary/aromatic N) is 3. The average molecular weight is 431 g/mol. The lowest BCUT2D eigenvalue weighted by molar-refractivity contribution is 0.139. The highest BCUT2D eigenvalue weighted by atomic mass is 16.3. The highest BCUT2D eigenvalue weighted by Crippen LogP contribution is 2.21. The number of unbranched alkanes of at least 4 members (excludes halogenated alkanes) is 1. The Hall–Kier alpha value is -2.76. The van der Waals surface area contributed by atoms with Gasteiger partial charge in [0.1, 0.15) is 11.6 Å². The molecule has 0 spiro atoms. The third-order valence-electron chi connectivity index (χ3n) is 6.26. The molecule has 32 heavy (non-hydrogen) atoms. The summed E-state index contributed by atoms with van der Waals surface area (Å²) in [5, 5.41) is 13.0. The first-order valence-electron chi connectivity index (χ1n) is 11.7. The van der Waals surface area contributed by atoms with Gasteiger partial charge in [-0.3, -0.25) is 4.90 Å². The van der Waals surface area contributed by atoms with Gasteiger partial charge in [0.05, 0.1) is 5.69 Å². The zero-order valence-corrected chi connectivity index (χ0v) is 19.2. The number of rotatable bonds is 8. The van der Waals surface area contributed by atoms with E-state index in [9.17, 15) is 5.11 Å². The van der Waals surface area contributed by atoms with Crippen LogP contribution in [0.3, 0.4) is 0 Å². The molecule has 5 nitrogen and oxygen atoms in total. The Morgan fingerprint density at radius 3 is 2.66 bits per heavy atom. The van der Waals surface area contributed by atoms with Crippen LogP contribution in [0.15, 0.2) is 60.8 Å². The topological polar surface area (TPSA) is 61.3 Å². The number of piperazine rings is 1. The van der Waals surface area contributed by atoms with E-state index in [2.05, 4.69) is 53.3 Å². The number of aromatic nitrogens is 2. The number of phenols is 1. The first-order valence-corrected chi connectivity index (χ1v) is 11.7. The first kappa shape index (κ1) is 22.4. The van der Waals surface area contributed by atoms with E-state index in [1.54, 1.807) is 12.1 Å². The van der Waals surface area contributed by atoms with Gasteiger partial charge in [-0.05, 0) is 68.5 Å². The molecule has 0 unspecified atom stereocenters. The Labute approximate surface area is 191 Å². The van der Waals surface area contributed by atoms with Crippen LogP contribution < -0.4 is 5.32 Å². The summed E-state index contributed by atoms with van der Waals surface area (Å²) in [7, 11) is 0. The Morgan fingerprint density at radius 1 is 1.00 bits per heavy atom. The van der Waals surface area contributed by atoms with Crippen LogP contribution in [0.25, 0.3) is 11.3 Å². The fourth-order valence-electron chi connectivity index (χ4n) is 4.34. The van der Waals surface area contributed by atoms with Crippen LogP contribution in [0.2, 0.25) is 0 Å². The van der Waals surface area contributed by atoms with E-state index in [1.165, 1.54) is 11.1 Å². The number of aryl methyl sites for hydroxylation is 2. The highest BCUT2D eigenvalue weighted by Gasteiger charge is 2.22. The Kier molecular flexibility index (Phi) is 7.51. The van der Waals surface area contributed by atoms with Crippen LogP contribution >= 0.6 is 0 Å². The normalized spacial score (nSPS) is 19.2. The molecule has 1 saturated heterocycles. The van der Waals surface area contributed by atoms with Crippen LogP contribution in [0.1, 0.15) is 43.6 Å². The van der Waals surface area contributed by atoms with E-state index in [0.717, 1.165) is 62.4 Å². The van der Waals surface area contributed by atoms with Crippen molar-refractivity contribution in [2.24, 2.45) is 0 Å². The van der Waals surface area contributed by atoms with E-state index >= 15 is 0 Å². The second-order valence-corrected chi connectivity index (χ2v) is 9.02. The fraction of sp³-hybridized carbons (Fsp3) is 0.407. The molecule has 5 heteroatoms. The van der Waals surface area contributed by atoms with Gasteiger partial charge in [0.25, 0.3) is 0 Å². The molecule has 168 valence electrons. The van der Waals surface area contributed by atoms with Crippen LogP contribution in [0.5, 0.6) is 5.75 Å². The van der Waals surface area contributed by atoms with Gasteiger partial charge in [0.15, 0.2) is 0 Å². The van der Waals surface area contributed by atoms with Crippen molar-refractivity contribution in [3.63, 3.8) is 0 Å². The maximum Gasteiger partial charge on any atom is 0.128 e. The predicted octanol–water partition coefficient (Wildman–Crippen LogP) is 4.60. The minimum Gasteiger partial charge on any atom is -0.508 e. The van der Waals surface area contributed by atoms with E-state index < -0.39 is 0 Å². The van der Waals surface area contributed by atoms with Crippen molar-refractivity contribution < 1.29 is 5.11 Å². The Balaban J connectivity index is 1.35. The van der Waals surface area contributed by atoms with Crippen LogP contribution in [0.4, 0.5) is 0 Å². The van der Waals surface area contributed by atoms with Crippen molar-refractivity contribution in [1.29, 1.82) is 0 Å². The monoisotopic (exact) mass is 430 g/mol. The predicted molar refractivity (Wildman–Crippen MR) is 130 cm³/mol. The molecule has 0 radical (unpaired) electrons. The van der Waals surface area contributed by atoms with Gasteiger partial charge >= 0.3 is 0 Å². The van der Waals surface area contributed by atoms with E-state index in [4.69, 9.17) is 4.98 Å². The Bertz CT molecular complexity index is 1000. The molecule has 0 amide bonds. The van der Waals surface area contributed by atoms with Crippen molar-refractivity contribution in [3.05, 3.63) is 77.7 Å². The van der Waals surface area contributed by atoms with E-state index in [1.807, 2.05) is 24.4 Å². The molecular weight excluding hydrogens is 396 g/mol. The summed E-state index contributed by atoms with van der Waals surface area (Å²) < 4.78 is 0.